The van der Waals surface area contributed by atoms with Gasteiger partial charge in [-0.15, -0.1) is 0 Å². The SMILES string of the molecule is CCN(CC)S(=O)(=O)c1ccc(NC(=O)c2nn(-c3ccccc3F)c3c2CCC3)cc1. The first kappa shape index (κ1) is 22.2. The molecule has 0 saturated heterocycles. The lowest BCUT2D eigenvalue weighted by molar-refractivity contribution is 0.102. The van der Waals surface area contributed by atoms with Crippen LogP contribution >= 0.6 is 0 Å². The summed E-state index contributed by atoms with van der Waals surface area (Å²) in [7, 11) is -3.57. The van der Waals surface area contributed by atoms with Crippen molar-refractivity contribution in [2.45, 2.75) is 38.0 Å². The van der Waals surface area contributed by atoms with E-state index in [-0.39, 0.29) is 10.6 Å². The van der Waals surface area contributed by atoms with E-state index >= 15 is 0 Å². The molecule has 2 aromatic carbocycles. The number of nitrogens with zero attached hydrogens (tertiary/aromatic N) is 3. The Morgan fingerprint density at radius 1 is 1.09 bits per heavy atom. The predicted octanol–water partition coefficient (Wildman–Crippen LogP) is 3.78. The summed E-state index contributed by atoms with van der Waals surface area (Å²) in [5, 5.41) is 7.21. The lowest BCUT2D eigenvalue weighted by atomic mass is 10.2. The Morgan fingerprint density at radius 3 is 2.44 bits per heavy atom. The highest BCUT2D eigenvalue weighted by Crippen LogP contribution is 2.29. The van der Waals surface area contributed by atoms with Gasteiger partial charge in [-0.25, -0.2) is 17.5 Å². The Hall–Kier alpha value is -3.04. The molecule has 0 saturated carbocycles. The summed E-state index contributed by atoms with van der Waals surface area (Å²) in [6.45, 7) is 4.34. The number of para-hydroxylation sites is 1. The zero-order chi connectivity index (χ0) is 22.9. The quantitative estimate of drug-likeness (QED) is 0.586. The number of carbonyl (C=O) groups is 1. The predicted molar refractivity (Wildman–Crippen MR) is 120 cm³/mol. The Bertz CT molecular complexity index is 1250. The first-order valence-corrected chi connectivity index (χ1v) is 12.1. The highest BCUT2D eigenvalue weighted by atomic mass is 32.2. The lowest BCUT2D eigenvalue weighted by Crippen LogP contribution is -2.30. The number of sulfonamides is 1. The first-order chi connectivity index (χ1) is 15.4. The number of halogens is 1. The third-order valence-electron chi connectivity index (χ3n) is 5.68. The largest absolute Gasteiger partial charge is 0.321 e. The third-order valence-corrected chi connectivity index (χ3v) is 7.75. The number of hydrogen-bond acceptors (Lipinski definition) is 4. The number of hydrogen-bond donors (Lipinski definition) is 1. The second-order valence-electron chi connectivity index (χ2n) is 7.56. The van der Waals surface area contributed by atoms with Crippen molar-refractivity contribution in [3.63, 3.8) is 0 Å². The second-order valence-corrected chi connectivity index (χ2v) is 9.50. The summed E-state index contributed by atoms with van der Waals surface area (Å²) in [5.41, 5.74) is 2.71. The summed E-state index contributed by atoms with van der Waals surface area (Å²) in [4.78, 5) is 13.1. The molecule has 168 valence electrons. The van der Waals surface area contributed by atoms with Crippen molar-refractivity contribution >= 4 is 21.6 Å². The smallest absolute Gasteiger partial charge is 0.276 e. The van der Waals surface area contributed by atoms with E-state index in [0.717, 1.165) is 24.1 Å². The van der Waals surface area contributed by atoms with Crippen molar-refractivity contribution in [1.29, 1.82) is 0 Å². The fourth-order valence-corrected chi connectivity index (χ4v) is 5.51. The van der Waals surface area contributed by atoms with Crippen molar-refractivity contribution in [3.8, 4) is 5.69 Å². The number of anilines is 1. The van der Waals surface area contributed by atoms with Crippen LogP contribution in [0.2, 0.25) is 0 Å². The van der Waals surface area contributed by atoms with Gasteiger partial charge in [0.1, 0.15) is 11.5 Å². The Labute approximate surface area is 186 Å². The summed E-state index contributed by atoms with van der Waals surface area (Å²) < 4.78 is 42.5. The van der Waals surface area contributed by atoms with Gasteiger partial charge in [-0.2, -0.15) is 9.40 Å². The highest BCUT2D eigenvalue weighted by molar-refractivity contribution is 7.89. The summed E-state index contributed by atoms with van der Waals surface area (Å²) in [6, 6.07) is 12.4. The number of fused-ring (bicyclic) bond motifs is 1. The van der Waals surface area contributed by atoms with E-state index in [0.29, 0.717) is 30.9 Å². The zero-order valence-electron chi connectivity index (χ0n) is 18.0. The molecule has 0 fully saturated rings. The molecule has 7 nitrogen and oxygen atoms in total. The molecule has 0 bridgehead atoms. The minimum absolute atomic E-state index is 0.170. The van der Waals surface area contributed by atoms with Gasteiger partial charge in [0, 0.05) is 30.0 Å². The molecule has 1 aliphatic carbocycles. The molecule has 0 aliphatic heterocycles. The number of aromatic nitrogens is 2. The van der Waals surface area contributed by atoms with Crippen LogP contribution in [0.1, 0.15) is 42.0 Å². The van der Waals surface area contributed by atoms with E-state index in [2.05, 4.69) is 10.4 Å². The average Bonchev–Trinajstić information content (AvgIpc) is 3.38. The van der Waals surface area contributed by atoms with E-state index < -0.39 is 21.7 Å². The van der Waals surface area contributed by atoms with Gasteiger partial charge in [0.05, 0.1) is 4.90 Å². The van der Waals surface area contributed by atoms with Gasteiger partial charge in [-0.1, -0.05) is 26.0 Å². The van der Waals surface area contributed by atoms with Gasteiger partial charge >= 0.3 is 0 Å². The standard InChI is InChI=1S/C23H25FN4O3S/c1-3-27(4-2)32(30,31)17-14-12-16(13-15-17)25-23(29)22-18-8-7-11-20(18)28(26-22)21-10-6-5-9-19(21)24/h5-6,9-10,12-15H,3-4,7-8,11H2,1-2H3,(H,25,29). The second kappa shape index (κ2) is 8.84. The summed E-state index contributed by atoms with van der Waals surface area (Å²) in [5.74, 6) is -0.806. The fourth-order valence-electron chi connectivity index (χ4n) is 4.06. The summed E-state index contributed by atoms with van der Waals surface area (Å²) in [6.07, 6.45) is 2.30. The van der Waals surface area contributed by atoms with E-state index in [1.807, 2.05) is 0 Å². The van der Waals surface area contributed by atoms with E-state index in [9.17, 15) is 17.6 Å². The van der Waals surface area contributed by atoms with Crippen molar-refractivity contribution in [3.05, 3.63) is 71.3 Å². The molecule has 9 heteroatoms. The van der Waals surface area contributed by atoms with Crippen LogP contribution in [0.25, 0.3) is 5.69 Å². The molecule has 0 atom stereocenters. The van der Waals surface area contributed by atoms with E-state index in [1.165, 1.54) is 27.2 Å². The normalized spacial score (nSPS) is 13.4. The molecule has 1 amide bonds. The molecule has 1 N–H and O–H groups in total. The molecule has 1 aromatic heterocycles. The van der Waals surface area contributed by atoms with Crippen LogP contribution in [-0.4, -0.2) is 41.5 Å². The van der Waals surface area contributed by atoms with Gasteiger partial charge in [-0.3, -0.25) is 4.79 Å². The molecule has 0 spiro atoms. The number of benzene rings is 2. The lowest BCUT2D eigenvalue weighted by Gasteiger charge is -2.18. The molecule has 4 rings (SSSR count). The monoisotopic (exact) mass is 456 g/mol. The molecule has 1 heterocycles. The van der Waals surface area contributed by atoms with Crippen LogP contribution < -0.4 is 5.32 Å². The number of amides is 1. The molecule has 0 unspecified atom stereocenters. The number of carbonyl (C=O) groups excluding carboxylic acids is 1. The molecule has 3 aromatic rings. The summed E-state index contributed by atoms with van der Waals surface area (Å²) >= 11 is 0. The van der Waals surface area contributed by atoms with Crippen molar-refractivity contribution in [1.82, 2.24) is 14.1 Å². The number of nitrogens with one attached hydrogen (secondary N) is 1. The zero-order valence-corrected chi connectivity index (χ0v) is 18.8. The number of rotatable bonds is 7. The van der Waals surface area contributed by atoms with Gasteiger partial charge in [0.15, 0.2) is 5.69 Å². The van der Waals surface area contributed by atoms with Gasteiger partial charge in [-0.05, 0) is 55.7 Å². The Balaban J connectivity index is 1.59. The van der Waals surface area contributed by atoms with Crippen molar-refractivity contribution < 1.29 is 17.6 Å². The maximum absolute atomic E-state index is 14.3. The van der Waals surface area contributed by atoms with Crippen LogP contribution in [0.3, 0.4) is 0 Å². The topological polar surface area (TPSA) is 84.3 Å². The van der Waals surface area contributed by atoms with Crippen molar-refractivity contribution in [2.24, 2.45) is 0 Å². The van der Waals surface area contributed by atoms with Crippen LogP contribution in [0.5, 0.6) is 0 Å². The van der Waals surface area contributed by atoms with Gasteiger partial charge in [0.25, 0.3) is 5.91 Å². The minimum Gasteiger partial charge on any atom is -0.321 e. The average molecular weight is 457 g/mol. The first-order valence-electron chi connectivity index (χ1n) is 10.6. The van der Waals surface area contributed by atoms with Crippen molar-refractivity contribution in [2.75, 3.05) is 18.4 Å². The fraction of sp³-hybridized carbons (Fsp3) is 0.304. The van der Waals surface area contributed by atoms with Crippen LogP contribution in [0.4, 0.5) is 10.1 Å². The molecule has 32 heavy (non-hydrogen) atoms. The highest BCUT2D eigenvalue weighted by Gasteiger charge is 2.28. The van der Waals surface area contributed by atoms with E-state index in [4.69, 9.17) is 0 Å². The van der Waals surface area contributed by atoms with Crippen LogP contribution in [0.15, 0.2) is 53.4 Å². The molecular weight excluding hydrogens is 431 g/mol. The van der Waals surface area contributed by atoms with Gasteiger partial charge in [0.2, 0.25) is 10.0 Å². The van der Waals surface area contributed by atoms with E-state index in [1.54, 1.807) is 44.2 Å². The van der Waals surface area contributed by atoms with Gasteiger partial charge < -0.3 is 5.32 Å². The Kier molecular flexibility index (Phi) is 6.12. The maximum Gasteiger partial charge on any atom is 0.276 e. The van der Waals surface area contributed by atoms with Crippen LogP contribution in [-0.2, 0) is 22.9 Å². The Morgan fingerprint density at radius 2 is 1.78 bits per heavy atom. The minimum atomic E-state index is -3.57. The third kappa shape index (κ3) is 3.93. The molecular formula is C23H25FN4O3S. The molecule has 0 radical (unpaired) electrons. The molecule has 1 aliphatic rings. The van der Waals surface area contributed by atoms with Crippen LogP contribution in [0, 0.1) is 5.82 Å². The maximum atomic E-state index is 14.3.